The van der Waals surface area contributed by atoms with Crippen molar-refractivity contribution >= 4 is 0 Å². The first-order chi connectivity index (χ1) is 7.77. The van der Waals surface area contributed by atoms with E-state index in [1.807, 2.05) is 36.4 Å². The molecule has 1 heteroatoms. The lowest BCUT2D eigenvalue weighted by atomic mass is 10.0. The van der Waals surface area contributed by atoms with E-state index < -0.39 is 6.08 Å². The maximum Gasteiger partial charge on any atom is 0.211 e. The van der Waals surface area contributed by atoms with Gasteiger partial charge < -0.3 is 5.11 Å². The third-order valence-corrected chi connectivity index (χ3v) is 2.07. The first-order valence-corrected chi connectivity index (χ1v) is 4.53. The summed E-state index contributed by atoms with van der Waals surface area (Å²) in [5, 5.41) is 4.63. The number of hydrogen-bond acceptors (Lipinski definition) is 1. The lowest BCUT2D eigenvalue weighted by molar-refractivity contribution is 0.220. The van der Waals surface area contributed by atoms with E-state index in [4.69, 9.17) is 2.80 Å². The highest BCUT2D eigenvalue weighted by Gasteiger charge is 2.07. The summed E-state index contributed by atoms with van der Waals surface area (Å²) in [7, 11) is 0. The zero-order valence-corrected chi connectivity index (χ0v) is 7.68. The van der Waals surface area contributed by atoms with Crippen LogP contribution in [0.2, 0.25) is 0 Å². The van der Waals surface area contributed by atoms with E-state index in [1.165, 1.54) is 0 Å². The van der Waals surface area contributed by atoms with Crippen molar-refractivity contribution in [2.24, 2.45) is 0 Å². The van der Waals surface area contributed by atoms with E-state index in [9.17, 15) is 0 Å². The molecular formula is C13H12O. The molecule has 0 fully saturated rings. The summed E-state index contributed by atoms with van der Waals surface area (Å²) in [6.45, 7) is 0. The van der Waals surface area contributed by atoms with Gasteiger partial charge in [0.2, 0.25) is 1.43 Å². The topological polar surface area (TPSA) is 20.2 Å². The second-order valence-corrected chi connectivity index (χ2v) is 3.06. The second-order valence-electron chi connectivity index (χ2n) is 3.06. The molecule has 0 saturated heterocycles. The molecule has 0 atom stereocenters. The highest BCUT2D eigenvalue weighted by molar-refractivity contribution is 5.29. The Kier molecular flexibility index (Phi) is 1.98. The summed E-state index contributed by atoms with van der Waals surface area (Å²) in [4.78, 5) is 0. The molecule has 0 amide bonds. The smallest absolute Gasteiger partial charge is 0.211 e. The zero-order chi connectivity index (χ0) is 11.4. The van der Waals surface area contributed by atoms with Gasteiger partial charge in [0.25, 0.3) is 0 Å². The molecule has 1 N–H and O–H groups in total. The van der Waals surface area contributed by atoms with Crippen molar-refractivity contribution < 1.29 is 6.48 Å². The van der Waals surface area contributed by atoms with Crippen molar-refractivity contribution in [2.75, 3.05) is 0 Å². The molecule has 2 aromatic rings. The van der Waals surface area contributed by atoms with E-state index >= 15 is 0 Å². The first-order valence-electron chi connectivity index (χ1n) is 5.43. The van der Waals surface area contributed by atoms with Crippen LogP contribution in [0.25, 0.3) is 0 Å². The van der Waals surface area contributed by atoms with Crippen LogP contribution in [0.1, 0.15) is 18.6 Å². The summed E-state index contributed by atoms with van der Waals surface area (Å²) in [6, 6.07) is 18.2. The highest BCUT2D eigenvalue weighted by atomic mass is 16.3. The van der Waals surface area contributed by atoms with E-state index in [0.717, 1.165) is 0 Å². The van der Waals surface area contributed by atoms with Crippen molar-refractivity contribution in [1.29, 1.82) is 1.43 Å². The average Bonchev–Trinajstić information content (AvgIpc) is 2.40. The lowest BCUT2D eigenvalue weighted by Gasteiger charge is -2.10. The van der Waals surface area contributed by atoms with Crippen molar-refractivity contribution in [3.05, 3.63) is 71.8 Å². The molecular weight excluding hydrogens is 172 g/mol. The Bertz CT molecular complexity index is 403. The van der Waals surface area contributed by atoms with Crippen molar-refractivity contribution in [3.63, 3.8) is 0 Å². The SMILES string of the molecule is [2H]OC([2H])(c1ccccc1)c1ccccc1. The quantitative estimate of drug-likeness (QED) is 0.781. The molecule has 0 spiro atoms. The van der Waals surface area contributed by atoms with Crippen LogP contribution in [-0.4, -0.2) is 6.54 Å². The Morgan fingerprint density at radius 3 is 1.64 bits per heavy atom. The van der Waals surface area contributed by atoms with Gasteiger partial charge in [-0.15, -0.1) is 0 Å². The summed E-state index contributed by atoms with van der Waals surface area (Å²) in [5.74, 6) is 0. The van der Waals surface area contributed by atoms with Crippen LogP contribution >= 0.6 is 0 Å². The Hall–Kier alpha value is -1.60. The molecule has 0 radical (unpaired) electrons. The molecule has 14 heavy (non-hydrogen) atoms. The van der Waals surface area contributed by atoms with Crippen LogP contribution in [0.5, 0.6) is 0 Å². The Morgan fingerprint density at radius 1 is 0.857 bits per heavy atom. The molecule has 1 nitrogen and oxygen atoms in total. The van der Waals surface area contributed by atoms with Gasteiger partial charge in [0.15, 0.2) is 0 Å². The normalized spacial score (nSPS) is 13.1. The van der Waals surface area contributed by atoms with Gasteiger partial charge in [-0.25, -0.2) is 0 Å². The van der Waals surface area contributed by atoms with Gasteiger partial charge in [-0.3, -0.25) is 0 Å². The minimum Gasteiger partial charge on any atom is -0.384 e. The largest absolute Gasteiger partial charge is 0.384 e. The summed E-state index contributed by atoms with van der Waals surface area (Å²) >= 11 is 0. The van der Waals surface area contributed by atoms with E-state index in [0.29, 0.717) is 11.1 Å². The highest BCUT2D eigenvalue weighted by Crippen LogP contribution is 2.20. The predicted molar refractivity (Wildman–Crippen MR) is 56.9 cm³/mol. The number of hydrogen-bond donors (Lipinski definition) is 1. The van der Waals surface area contributed by atoms with Gasteiger partial charge in [-0.2, -0.15) is 0 Å². The number of benzene rings is 2. The number of rotatable bonds is 3. The summed E-state index contributed by atoms with van der Waals surface area (Å²) < 4.78 is 15.4. The van der Waals surface area contributed by atoms with Crippen molar-refractivity contribution in [2.45, 2.75) is 6.08 Å². The molecule has 0 aromatic heterocycles. The molecule has 0 heterocycles. The molecule has 0 unspecified atom stereocenters. The van der Waals surface area contributed by atoms with Crippen molar-refractivity contribution in [3.8, 4) is 0 Å². The van der Waals surface area contributed by atoms with Crippen LogP contribution in [0.4, 0.5) is 0 Å². The fraction of sp³-hybridized carbons (Fsp3) is 0.0769. The summed E-state index contributed by atoms with van der Waals surface area (Å²) in [5.41, 5.74) is 1.30. The fourth-order valence-electron chi connectivity index (χ4n) is 1.35. The molecule has 0 aliphatic rings. The van der Waals surface area contributed by atoms with E-state index in [2.05, 4.69) is 5.11 Å². The monoisotopic (exact) mass is 186 g/mol. The molecule has 0 aliphatic carbocycles. The zero-order valence-electron chi connectivity index (χ0n) is 9.68. The summed E-state index contributed by atoms with van der Waals surface area (Å²) in [6.07, 6.45) is -1.46. The van der Waals surface area contributed by atoms with E-state index in [1.54, 1.807) is 24.3 Å². The second kappa shape index (κ2) is 4.07. The Balaban J connectivity index is 2.49. The Morgan fingerprint density at radius 2 is 1.29 bits per heavy atom. The third kappa shape index (κ3) is 1.83. The van der Waals surface area contributed by atoms with Crippen LogP contribution in [0.15, 0.2) is 60.7 Å². The Labute approximate surface area is 86.5 Å². The van der Waals surface area contributed by atoms with Gasteiger partial charge in [0.1, 0.15) is 6.08 Å². The van der Waals surface area contributed by atoms with Gasteiger partial charge >= 0.3 is 0 Å². The minimum absolute atomic E-state index is 0.649. The maximum atomic E-state index is 8.24. The fourth-order valence-corrected chi connectivity index (χ4v) is 1.35. The predicted octanol–water partition coefficient (Wildman–Crippen LogP) is 2.77. The van der Waals surface area contributed by atoms with Crippen LogP contribution in [-0.2, 0) is 0 Å². The standard InChI is InChI=1S/C13H12O/c14-13(11-7-3-1-4-8-11)12-9-5-2-6-10-12/h1-10,13-14H/i13D,14D. The minimum atomic E-state index is -1.46. The average molecular weight is 186 g/mol. The first kappa shape index (κ1) is 6.80. The number of aliphatic hydroxyl groups is 1. The van der Waals surface area contributed by atoms with Gasteiger partial charge in [-0.1, -0.05) is 60.7 Å². The van der Waals surface area contributed by atoms with Gasteiger partial charge in [-0.05, 0) is 11.1 Å². The van der Waals surface area contributed by atoms with Crippen LogP contribution in [0.3, 0.4) is 0 Å². The van der Waals surface area contributed by atoms with Gasteiger partial charge in [0.05, 0.1) is 1.37 Å². The lowest BCUT2D eigenvalue weighted by Crippen LogP contribution is -1.98. The molecule has 0 saturated carbocycles. The van der Waals surface area contributed by atoms with Crippen LogP contribution in [0, 0.1) is 0 Å². The van der Waals surface area contributed by atoms with E-state index in [-0.39, 0.29) is 0 Å². The molecule has 0 bridgehead atoms. The molecule has 2 rings (SSSR count). The van der Waals surface area contributed by atoms with Crippen LogP contribution < -0.4 is 0 Å². The van der Waals surface area contributed by atoms with Crippen molar-refractivity contribution in [1.82, 2.24) is 0 Å². The molecule has 2 aromatic carbocycles. The molecule has 70 valence electrons. The third-order valence-electron chi connectivity index (χ3n) is 2.07. The van der Waals surface area contributed by atoms with Gasteiger partial charge in [0, 0.05) is 0 Å². The molecule has 0 aliphatic heterocycles. The maximum absolute atomic E-state index is 8.24.